The van der Waals surface area contributed by atoms with Crippen LogP contribution in [0, 0.1) is 0 Å². The molecule has 2 heterocycles. The molecule has 2 aromatic carbocycles. The van der Waals surface area contributed by atoms with Crippen molar-refractivity contribution in [3.05, 3.63) is 77.6 Å². The van der Waals surface area contributed by atoms with E-state index < -0.39 is 0 Å². The van der Waals surface area contributed by atoms with Gasteiger partial charge in [0, 0.05) is 18.1 Å². The van der Waals surface area contributed by atoms with Gasteiger partial charge in [-0.25, -0.2) is 4.98 Å². The molecule has 138 valence electrons. The highest BCUT2D eigenvalue weighted by atomic mass is 35.5. The van der Waals surface area contributed by atoms with E-state index in [0.29, 0.717) is 33.3 Å². The molecule has 0 fully saturated rings. The largest absolute Gasteiger partial charge is 0.436 e. The Morgan fingerprint density at radius 1 is 1.11 bits per heavy atom. The number of carbonyl (C=O) groups is 1. The molecule has 0 radical (unpaired) electrons. The monoisotopic (exact) mass is 408 g/mol. The number of rotatable bonds is 3. The van der Waals surface area contributed by atoms with Gasteiger partial charge in [0.15, 0.2) is 10.7 Å². The van der Waals surface area contributed by atoms with Crippen LogP contribution >= 0.6 is 23.8 Å². The number of nitrogens with zero attached hydrogens (tertiary/aromatic N) is 2. The first-order valence-electron chi connectivity index (χ1n) is 8.28. The summed E-state index contributed by atoms with van der Waals surface area (Å²) < 4.78 is 5.75. The Balaban J connectivity index is 1.49. The number of fused-ring (bicyclic) bond motifs is 1. The summed E-state index contributed by atoms with van der Waals surface area (Å²) in [4.78, 5) is 20.8. The number of nitrogens with one attached hydrogen (secondary N) is 2. The third kappa shape index (κ3) is 3.85. The molecule has 2 N–H and O–H groups in total. The van der Waals surface area contributed by atoms with Crippen molar-refractivity contribution in [1.82, 2.24) is 15.3 Å². The number of carbonyl (C=O) groups excluding carboxylic acids is 1. The van der Waals surface area contributed by atoms with E-state index in [1.54, 1.807) is 54.9 Å². The number of thiocarbonyl (C=S) groups is 1. The average molecular weight is 409 g/mol. The summed E-state index contributed by atoms with van der Waals surface area (Å²) in [6, 6.07) is 15.8. The number of oxazole rings is 1. The van der Waals surface area contributed by atoms with Crippen molar-refractivity contribution in [1.29, 1.82) is 0 Å². The molecule has 6 nitrogen and oxygen atoms in total. The lowest BCUT2D eigenvalue weighted by molar-refractivity contribution is 0.0978. The minimum absolute atomic E-state index is 0.153. The van der Waals surface area contributed by atoms with Crippen LogP contribution in [0.4, 0.5) is 5.69 Å². The number of hydrogen-bond acceptors (Lipinski definition) is 5. The first kappa shape index (κ1) is 18.1. The normalized spacial score (nSPS) is 10.6. The maximum atomic E-state index is 12.3. The zero-order valence-corrected chi connectivity index (χ0v) is 15.9. The first-order valence-corrected chi connectivity index (χ1v) is 9.06. The number of anilines is 1. The Labute approximate surface area is 170 Å². The summed E-state index contributed by atoms with van der Waals surface area (Å²) in [7, 11) is 0. The second-order valence-electron chi connectivity index (χ2n) is 5.83. The zero-order valence-electron chi connectivity index (χ0n) is 14.3. The maximum Gasteiger partial charge on any atom is 0.258 e. The lowest BCUT2D eigenvalue weighted by Crippen LogP contribution is -2.34. The van der Waals surface area contributed by atoms with E-state index in [1.165, 1.54) is 0 Å². The minimum atomic E-state index is -0.385. The van der Waals surface area contributed by atoms with Crippen molar-refractivity contribution in [3.8, 4) is 11.5 Å². The maximum absolute atomic E-state index is 12.3. The molecule has 0 unspecified atom stereocenters. The van der Waals surface area contributed by atoms with Crippen molar-refractivity contribution in [2.45, 2.75) is 0 Å². The molecule has 0 aliphatic rings. The first-order chi connectivity index (χ1) is 13.6. The van der Waals surface area contributed by atoms with Gasteiger partial charge in [-0.1, -0.05) is 23.7 Å². The minimum Gasteiger partial charge on any atom is -0.436 e. The van der Waals surface area contributed by atoms with Crippen LogP contribution in [0.5, 0.6) is 0 Å². The molecular weight excluding hydrogens is 396 g/mol. The van der Waals surface area contributed by atoms with Crippen LogP contribution in [0.3, 0.4) is 0 Å². The van der Waals surface area contributed by atoms with Crippen molar-refractivity contribution >= 4 is 51.6 Å². The molecule has 2 aromatic heterocycles. The molecule has 1 amide bonds. The van der Waals surface area contributed by atoms with Gasteiger partial charge < -0.3 is 9.73 Å². The van der Waals surface area contributed by atoms with Crippen LogP contribution in [0.15, 0.2) is 71.4 Å². The molecule has 4 aromatic rings. The van der Waals surface area contributed by atoms with Gasteiger partial charge in [0.05, 0.1) is 16.1 Å². The fourth-order valence-electron chi connectivity index (χ4n) is 2.60. The summed E-state index contributed by atoms with van der Waals surface area (Å²) in [6.45, 7) is 0. The standard InChI is InChI=1S/C20H13ClN4O2S/c21-15-6-2-1-5-14(15)18(26)25-20(28)23-13-7-8-17-16(10-13)24-19(27-17)12-4-3-9-22-11-12/h1-11H,(H2,23,25,26,28). The molecule has 0 spiro atoms. The summed E-state index contributed by atoms with van der Waals surface area (Å²) in [6.07, 6.45) is 3.37. The topological polar surface area (TPSA) is 80.0 Å². The summed E-state index contributed by atoms with van der Waals surface area (Å²) in [5, 5.41) is 6.08. The summed E-state index contributed by atoms with van der Waals surface area (Å²) in [5.74, 6) is 0.0966. The van der Waals surface area contributed by atoms with E-state index in [1.807, 2.05) is 12.1 Å². The zero-order chi connectivity index (χ0) is 19.5. The molecule has 8 heteroatoms. The lowest BCUT2D eigenvalue weighted by atomic mass is 10.2. The molecule has 0 bridgehead atoms. The van der Waals surface area contributed by atoms with Crippen LogP contribution in [0.25, 0.3) is 22.6 Å². The molecule has 0 atom stereocenters. The van der Waals surface area contributed by atoms with Crippen LogP contribution < -0.4 is 10.6 Å². The highest BCUT2D eigenvalue weighted by Crippen LogP contribution is 2.25. The SMILES string of the molecule is O=C(NC(=S)Nc1ccc2oc(-c3cccnc3)nc2c1)c1ccccc1Cl. The van der Waals surface area contributed by atoms with Crippen LogP contribution in [0.2, 0.25) is 5.02 Å². The number of amides is 1. The van der Waals surface area contributed by atoms with Crippen molar-refractivity contribution in [2.24, 2.45) is 0 Å². The highest BCUT2D eigenvalue weighted by Gasteiger charge is 2.12. The third-order valence-electron chi connectivity index (χ3n) is 3.90. The van der Waals surface area contributed by atoms with Crippen LogP contribution in [-0.2, 0) is 0 Å². The average Bonchev–Trinajstić information content (AvgIpc) is 3.12. The van der Waals surface area contributed by atoms with E-state index in [2.05, 4.69) is 20.6 Å². The second kappa shape index (κ2) is 7.75. The molecule has 0 saturated carbocycles. The van der Waals surface area contributed by atoms with Crippen LogP contribution in [0.1, 0.15) is 10.4 Å². The molecule has 0 saturated heterocycles. The Bertz CT molecular complexity index is 1180. The molecule has 28 heavy (non-hydrogen) atoms. The number of aromatic nitrogens is 2. The molecule has 4 rings (SSSR count). The van der Waals surface area contributed by atoms with E-state index >= 15 is 0 Å². The van der Waals surface area contributed by atoms with Gasteiger partial charge in [-0.05, 0) is 54.7 Å². The number of halogens is 1. The fraction of sp³-hybridized carbons (Fsp3) is 0. The number of benzene rings is 2. The fourth-order valence-corrected chi connectivity index (χ4v) is 3.03. The van der Waals surface area contributed by atoms with E-state index in [4.69, 9.17) is 28.2 Å². The summed E-state index contributed by atoms with van der Waals surface area (Å²) >= 11 is 11.3. The van der Waals surface area contributed by atoms with Crippen molar-refractivity contribution in [2.75, 3.05) is 5.32 Å². The van der Waals surface area contributed by atoms with Gasteiger partial charge in [-0.2, -0.15) is 0 Å². The van der Waals surface area contributed by atoms with Crippen LogP contribution in [-0.4, -0.2) is 21.0 Å². The predicted molar refractivity (Wildman–Crippen MR) is 112 cm³/mol. The van der Waals surface area contributed by atoms with E-state index in [9.17, 15) is 4.79 Å². The van der Waals surface area contributed by atoms with Gasteiger partial charge in [0.2, 0.25) is 5.89 Å². The van der Waals surface area contributed by atoms with E-state index in [0.717, 1.165) is 5.56 Å². The van der Waals surface area contributed by atoms with Gasteiger partial charge in [0.25, 0.3) is 5.91 Å². The van der Waals surface area contributed by atoms with Gasteiger partial charge in [-0.3, -0.25) is 15.1 Å². The third-order valence-corrected chi connectivity index (χ3v) is 4.43. The Kier molecular flexibility index (Phi) is 5.01. The second-order valence-corrected chi connectivity index (χ2v) is 6.65. The van der Waals surface area contributed by atoms with Gasteiger partial charge in [0.1, 0.15) is 5.52 Å². The van der Waals surface area contributed by atoms with Crippen molar-refractivity contribution < 1.29 is 9.21 Å². The lowest BCUT2D eigenvalue weighted by Gasteiger charge is -2.10. The van der Waals surface area contributed by atoms with Crippen molar-refractivity contribution in [3.63, 3.8) is 0 Å². The molecule has 0 aliphatic heterocycles. The summed E-state index contributed by atoms with van der Waals surface area (Å²) in [5.41, 5.74) is 3.10. The Hall–Kier alpha value is -3.29. The van der Waals surface area contributed by atoms with Gasteiger partial charge in [-0.15, -0.1) is 0 Å². The Morgan fingerprint density at radius 3 is 2.75 bits per heavy atom. The predicted octanol–water partition coefficient (Wildman–Crippen LogP) is 4.67. The smallest absolute Gasteiger partial charge is 0.258 e. The number of hydrogen-bond donors (Lipinski definition) is 2. The number of pyridine rings is 1. The van der Waals surface area contributed by atoms with E-state index in [-0.39, 0.29) is 11.0 Å². The Morgan fingerprint density at radius 2 is 1.96 bits per heavy atom. The van der Waals surface area contributed by atoms with Gasteiger partial charge >= 0.3 is 0 Å². The highest BCUT2D eigenvalue weighted by molar-refractivity contribution is 7.80. The quantitative estimate of drug-likeness (QED) is 0.479. The molecular formula is C20H13ClN4O2S. The molecule has 0 aliphatic carbocycles.